The van der Waals surface area contributed by atoms with E-state index in [4.69, 9.17) is 4.74 Å². The van der Waals surface area contributed by atoms with Crippen LogP contribution in [-0.4, -0.2) is 39.8 Å². The first-order valence-electron chi connectivity index (χ1n) is 8.21. The monoisotopic (exact) mass is 330 g/mol. The summed E-state index contributed by atoms with van der Waals surface area (Å²) in [5.41, 5.74) is 0.432. The topological polar surface area (TPSA) is 60.2 Å². The van der Waals surface area contributed by atoms with E-state index < -0.39 is 5.82 Å². The molecule has 0 aromatic carbocycles. The third-order valence-electron chi connectivity index (χ3n) is 4.90. The average Bonchev–Trinajstić information content (AvgIpc) is 3.06. The normalized spacial score (nSPS) is 23.3. The molecule has 2 aliphatic rings. The van der Waals surface area contributed by atoms with Crippen molar-refractivity contribution >= 4 is 5.95 Å². The minimum atomic E-state index is -0.482. The molecule has 1 saturated carbocycles. The lowest BCUT2D eigenvalue weighted by molar-refractivity contribution is 0.0247. The van der Waals surface area contributed by atoms with Gasteiger partial charge in [-0.1, -0.05) is 0 Å². The van der Waals surface area contributed by atoms with Crippen LogP contribution in [0.25, 0.3) is 11.3 Å². The molecule has 0 N–H and O–H groups in total. The summed E-state index contributed by atoms with van der Waals surface area (Å²) in [4.78, 5) is 22.9. The lowest BCUT2D eigenvalue weighted by Gasteiger charge is -2.38. The molecule has 0 bridgehead atoms. The smallest absolute Gasteiger partial charge is 0.255 e. The molecular formula is C17H19FN4O2. The van der Waals surface area contributed by atoms with E-state index in [1.165, 1.54) is 16.8 Å². The molecule has 1 aliphatic carbocycles. The van der Waals surface area contributed by atoms with Crippen LogP contribution in [0.4, 0.5) is 10.3 Å². The molecule has 1 saturated heterocycles. The number of halogens is 1. The predicted molar refractivity (Wildman–Crippen MR) is 87.4 cm³/mol. The van der Waals surface area contributed by atoms with Crippen LogP contribution in [-0.2, 0) is 11.8 Å². The van der Waals surface area contributed by atoms with Gasteiger partial charge in [0.15, 0.2) is 5.82 Å². The standard InChI is InChI=1S/C17H19FN4O2/c1-21-16(23)9-13(11-5-6-19-10-12(11)18)20-17(21)22-7-8-24-15-4-2-3-14(15)22/h5-6,9-10,14-15H,2-4,7-8H2,1H3/t14?,15-/m0/s1. The highest BCUT2D eigenvalue weighted by molar-refractivity contribution is 5.60. The quantitative estimate of drug-likeness (QED) is 0.839. The maximum atomic E-state index is 14.1. The first kappa shape index (κ1) is 15.3. The van der Waals surface area contributed by atoms with Gasteiger partial charge in [-0.25, -0.2) is 9.37 Å². The number of rotatable bonds is 2. The first-order chi connectivity index (χ1) is 11.6. The second kappa shape index (κ2) is 5.98. The molecule has 1 unspecified atom stereocenters. The van der Waals surface area contributed by atoms with Crippen LogP contribution in [0.15, 0.2) is 29.3 Å². The number of morpholine rings is 1. The Labute approximate surface area is 138 Å². The van der Waals surface area contributed by atoms with Crippen LogP contribution >= 0.6 is 0 Å². The second-order valence-electron chi connectivity index (χ2n) is 6.30. The SMILES string of the molecule is Cn1c(N2CCO[C@H]3CCCC32)nc(-c2ccncc2F)cc1=O. The van der Waals surface area contributed by atoms with E-state index in [1.54, 1.807) is 13.1 Å². The molecule has 6 nitrogen and oxygen atoms in total. The summed E-state index contributed by atoms with van der Waals surface area (Å²) >= 11 is 0. The Morgan fingerprint density at radius 3 is 3.08 bits per heavy atom. The van der Waals surface area contributed by atoms with Crippen molar-refractivity contribution in [2.24, 2.45) is 7.05 Å². The Hall–Kier alpha value is -2.28. The zero-order valence-electron chi connectivity index (χ0n) is 13.5. The molecule has 1 aliphatic heterocycles. The summed E-state index contributed by atoms with van der Waals surface area (Å²) in [5.74, 6) is 0.0961. The Kier molecular flexibility index (Phi) is 3.80. The van der Waals surface area contributed by atoms with Crippen molar-refractivity contribution in [2.75, 3.05) is 18.1 Å². The van der Waals surface area contributed by atoms with Gasteiger partial charge in [0.05, 0.1) is 30.6 Å². The summed E-state index contributed by atoms with van der Waals surface area (Å²) in [5, 5.41) is 0. The van der Waals surface area contributed by atoms with Gasteiger partial charge in [-0.3, -0.25) is 14.3 Å². The molecule has 4 rings (SSSR count). The van der Waals surface area contributed by atoms with E-state index in [0.29, 0.717) is 30.4 Å². The molecule has 2 atom stereocenters. The van der Waals surface area contributed by atoms with Gasteiger partial charge < -0.3 is 9.64 Å². The van der Waals surface area contributed by atoms with Crippen LogP contribution in [0, 0.1) is 5.82 Å². The van der Waals surface area contributed by atoms with Crippen LogP contribution in [0.3, 0.4) is 0 Å². The number of pyridine rings is 1. The molecule has 2 aromatic rings. The van der Waals surface area contributed by atoms with Gasteiger partial charge in [-0.05, 0) is 25.3 Å². The van der Waals surface area contributed by atoms with E-state index in [2.05, 4.69) is 14.9 Å². The van der Waals surface area contributed by atoms with E-state index >= 15 is 0 Å². The van der Waals surface area contributed by atoms with Gasteiger partial charge >= 0.3 is 0 Å². The molecule has 24 heavy (non-hydrogen) atoms. The summed E-state index contributed by atoms with van der Waals surface area (Å²) in [6, 6.07) is 3.14. The number of aromatic nitrogens is 3. The number of ether oxygens (including phenoxy) is 1. The summed E-state index contributed by atoms with van der Waals surface area (Å²) in [6.07, 6.45) is 5.99. The Morgan fingerprint density at radius 2 is 2.25 bits per heavy atom. The number of fused-ring (bicyclic) bond motifs is 1. The Balaban J connectivity index is 1.81. The molecule has 0 radical (unpaired) electrons. The molecule has 2 aromatic heterocycles. The fourth-order valence-corrected chi connectivity index (χ4v) is 3.68. The third kappa shape index (κ3) is 2.49. The van der Waals surface area contributed by atoms with Crippen LogP contribution in [0.2, 0.25) is 0 Å². The first-order valence-corrected chi connectivity index (χ1v) is 8.21. The fourth-order valence-electron chi connectivity index (χ4n) is 3.68. The Bertz CT molecular complexity index is 822. The van der Waals surface area contributed by atoms with Gasteiger partial charge in [0, 0.05) is 31.4 Å². The van der Waals surface area contributed by atoms with E-state index in [0.717, 1.165) is 25.5 Å². The van der Waals surface area contributed by atoms with Crippen molar-refractivity contribution in [3.05, 3.63) is 40.7 Å². The zero-order chi connectivity index (χ0) is 16.7. The van der Waals surface area contributed by atoms with Gasteiger partial charge in [-0.15, -0.1) is 0 Å². The largest absolute Gasteiger partial charge is 0.374 e. The molecule has 0 amide bonds. The van der Waals surface area contributed by atoms with Gasteiger partial charge in [0.1, 0.15) is 0 Å². The molecule has 2 fully saturated rings. The van der Waals surface area contributed by atoms with Crippen molar-refractivity contribution in [1.29, 1.82) is 0 Å². The average molecular weight is 330 g/mol. The minimum Gasteiger partial charge on any atom is -0.374 e. The summed E-state index contributed by atoms with van der Waals surface area (Å²) < 4.78 is 21.4. The second-order valence-corrected chi connectivity index (χ2v) is 6.30. The molecule has 0 spiro atoms. The van der Waals surface area contributed by atoms with E-state index in [9.17, 15) is 9.18 Å². The maximum absolute atomic E-state index is 14.1. The predicted octanol–water partition coefficient (Wildman–Crippen LogP) is 1.74. The molecule has 3 heterocycles. The summed E-state index contributed by atoms with van der Waals surface area (Å²) in [6.45, 7) is 1.30. The van der Waals surface area contributed by atoms with Crippen molar-refractivity contribution in [1.82, 2.24) is 14.5 Å². The third-order valence-corrected chi connectivity index (χ3v) is 4.90. The highest BCUT2D eigenvalue weighted by atomic mass is 19.1. The number of hydrogen-bond acceptors (Lipinski definition) is 5. The number of hydrogen-bond donors (Lipinski definition) is 0. The van der Waals surface area contributed by atoms with E-state index in [-0.39, 0.29) is 17.7 Å². The highest BCUT2D eigenvalue weighted by Gasteiger charge is 2.37. The maximum Gasteiger partial charge on any atom is 0.255 e. The van der Waals surface area contributed by atoms with Crippen molar-refractivity contribution in [2.45, 2.75) is 31.4 Å². The highest BCUT2D eigenvalue weighted by Crippen LogP contribution is 2.32. The minimum absolute atomic E-state index is 0.192. The fraction of sp³-hybridized carbons (Fsp3) is 0.471. The van der Waals surface area contributed by atoms with Gasteiger partial charge in [0.2, 0.25) is 5.95 Å². The van der Waals surface area contributed by atoms with Crippen LogP contribution < -0.4 is 10.5 Å². The van der Waals surface area contributed by atoms with Crippen LogP contribution in [0.1, 0.15) is 19.3 Å². The number of nitrogens with zero attached hydrogens (tertiary/aromatic N) is 4. The molecule has 126 valence electrons. The zero-order valence-corrected chi connectivity index (χ0v) is 13.5. The van der Waals surface area contributed by atoms with Crippen molar-refractivity contribution < 1.29 is 9.13 Å². The van der Waals surface area contributed by atoms with Crippen molar-refractivity contribution in [3.8, 4) is 11.3 Å². The van der Waals surface area contributed by atoms with E-state index in [1.807, 2.05) is 0 Å². The van der Waals surface area contributed by atoms with Crippen LogP contribution in [0.5, 0.6) is 0 Å². The number of anilines is 1. The Morgan fingerprint density at radius 1 is 1.38 bits per heavy atom. The van der Waals surface area contributed by atoms with Gasteiger partial charge in [-0.2, -0.15) is 0 Å². The van der Waals surface area contributed by atoms with Gasteiger partial charge in [0.25, 0.3) is 5.56 Å². The lowest BCUT2D eigenvalue weighted by atomic mass is 10.1. The summed E-state index contributed by atoms with van der Waals surface area (Å²) in [7, 11) is 1.71. The molecular weight excluding hydrogens is 311 g/mol. The molecule has 7 heteroatoms. The van der Waals surface area contributed by atoms with Crippen molar-refractivity contribution in [3.63, 3.8) is 0 Å². The lowest BCUT2D eigenvalue weighted by Crippen LogP contribution is -2.50.